The number of benzene rings is 1. The molecule has 0 saturated heterocycles. The SMILES string of the molecule is CCCS(=O)(=O)N=C1C=C/C(=C(/C#N)c2ccccc2C)S1. The van der Waals surface area contributed by atoms with Gasteiger partial charge in [0.2, 0.25) is 0 Å². The Morgan fingerprint density at radius 3 is 2.68 bits per heavy atom. The Bertz CT molecular complexity index is 813. The normalized spacial score (nSPS) is 18.5. The molecule has 0 fully saturated rings. The lowest BCUT2D eigenvalue weighted by Gasteiger charge is -2.05. The first kappa shape index (κ1) is 16.5. The maximum absolute atomic E-state index is 11.7. The fourth-order valence-electron chi connectivity index (χ4n) is 2.05. The summed E-state index contributed by atoms with van der Waals surface area (Å²) in [5.74, 6) is 0.0346. The summed E-state index contributed by atoms with van der Waals surface area (Å²) in [5, 5.41) is 9.86. The Kier molecular flexibility index (Phi) is 5.22. The molecular formula is C16H16N2O2S2. The van der Waals surface area contributed by atoms with Gasteiger partial charge in [-0.1, -0.05) is 43.0 Å². The lowest BCUT2D eigenvalue weighted by atomic mass is 10.0. The Balaban J connectivity index is 2.36. The van der Waals surface area contributed by atoms with Crippen LogP contribution < -0.4 is 0 Å². The van der Waals surface area contributed by atoms with Crippen molar-refractivity contribution < 1.29 is 8.42 Å². The van der Waals surface area contributed by atoms with E-state index in [1.54, 1.807) is 19.1 Å². The van der Waals surface area contributed by atoms with Gasteiger partial charge in [0.1, 0.15) is 11.1 Å². The van der Waals surface area contributed by atoms with Crippen LogP contribution in [0.3, 0.4) is 0 Å². The molecule has 2 rings (SSSR count). The number of hydrogen-bond acceptors (Lipinski definition) is 4. The second-order valence-electron chi connectivity index (χ2n) is 4.82. The highest BCUT2D eigenvalue weighted by Gasteiger charge is 2.18. The van der Waals surface area contributed by atoms with Crippen LogP contribution in [0.5, 0.6) is 0 Å². The smallest absolute Gasteiger partial charge is 0.205 e. The molecule has 114 valence electrons. The quantitative estimate of drug-likeness (QED) is 0.789. The summed E-state index contributed by atoms with van der Waals surface area (Å²) in [5.41, 5.74) is 2.40. The van der Waals surface area contributed by atoms with Gasteiger partial charge in [-0.15, -0.1) is 0 Å². The fourth-order valence-corrected chi connectivity index (χ4v) is 4.24. The molecule has 0 aromatic heterocycles. The summed E-state index contributed by atoms with van der Waals surface area (Å²) in [6.07, 6.45) is 3.92. The molecule has 0 unspecified atom stereocenters. The van der Waals surface area contributed by atoms with E-state index in [0.717, 1.165) is 16.0 Å². The number of hydrogen-bond donors (Lipinski definition) is 0. The van der Waals surface area contributed by atoms with Crippen molar-refractivity contribution in [3.8, 4) is 6.07 Å². The van der Waals surface area contributed by atoms with Gasteiger partial charge in [-0.25, -0.2) is 8.42 Å². The Labute approximate surface area is 135 Å². The summed E-state index contributed by atoms with van der Waals surface area (Å²) < 4.78 is 27.3. The molecule has 4 nitrogen and oxygen atoms in total. The summed E-state index contributed by atoms with van der Waals surface area (Å²) >= 11 is 1.22. The van der Waals surface area contributed by atoms with Gasteiger partial charge in [-0.2, -0.15) is 9.66 Å². The van der Waals surface area contributed by atoms with Gasteiger partial charge in [-0.05, 0) is 36.6 Å². The number of nitrogens with zero attached hydrogens (tertiary/aromatic N) is 2. The van der Waals surface area contributed by atoms with Gasteiger partial charge in [0, 0.05) is 4.91 Å². The van der Waals surface area contributed by atoms with Gasteiger partial charge in [0.25, 0.3) is 10.0 Å². The van der Waals surface area contributed by atoms with Gasteiger partial charge >= 0.3 is 0 Å². The number of sulfonamides is 1. The molecule has 0 atom stereocenters. The van der Waals surface area contributed by atoms with E-state index in [4.69, 9.17) is 0 Å². The maximum atomic E-state index is 11.7. The van der Waals surface area contributed by atoms with Crippen molar-refractivity contribution >= 4 is 32.4 Å². The van der Waals surface area contributed by atoms with E-state index in [-0.39, 0.29) is 5.75 Å². The lowest BCUT2D eigenvalue weighted by molar-refractivity contribution is 0.597. The molecule has 1 aromatic rings. The van der Waals surface area contributed by atoms with Crippen LogP contribution in [0.4, 0.5) is 0 Å². The number of rotatable bonds is 4. The van der Waals surface area contributed by atoms with Crippen LogP contribution in [0.2, 0.25) is 0 Å². The molecule has 0 spiro atoms. The minimum Gasteiger partial charge on any atom is -0.205 e. The average Bonchev–Trinajstić information content (AvgIpc) is 2.89. The molecule has 1 heterocycles. The van der Waals surface area contributed by atoms with Crippen LogP contribution in [0.25, 0.3) is 5.57 Å². The highest BCUT2D eigenvalue weighted by Crippen LogP contribution is 2.35. The van der Waals surface area contributed by atoms with E-state index >= 15 is 0 Å². The highest BCUT2D eigenvalue weighted by atomic mass is 32.2. The van der Waals surface area contributed by atoms with Gasteiger partial charge < -0.3 is 0 Å². The standard InChI is InChI=1S/C16H16N2O2S2/c1-3-10-22(19,20)18-16-9-8-15(21-16)14(11-17)13-7-5-4-6-12(13)2/h4-9H,3,10H2,1-2H3/b15-14+,18-16?. The third kappa shape index (κ3) is 3.87. The van der Waals surface area contributed by atoms with Crippen molar-refractivity contribution in [3.05, 3.63) is 52.4 Å². The third-order valence-corrected chi connectivity index (χ3v) is 5.57. The molecule has 0 radical (unpaired) electrons. The summed E-state index contributed by atoms with van der Waals surface area (Å²) in [4.78, 5) is 0.724. The Morgan fingerprint density at radius 1 is 1.32 bits per heavy atom. The van der Waals surface area contributed by atoms with E-state index in [2.05, 4.69) is 10.5 Å². The largest absolute Gasteiger partial charge is 0.254 e. The maximum Gasteiger partial charge on any atom is 0.254 e. The zero-order chi connectivity index (χ0) is 16.2. The molecular weight excluding hydrogens is 316 g/mol. The molecule has 0 amide bonds. The van der Waals surface area contributed by atoms with Crippen molar-refractivity contribution in [1.29, 1.82) is 5.26 Å². The van der Waals surface area contributed by atoms with Gasteiger partial charge in [0.15, 0.2) is 0 Å². The average molecular weight is 332 g/mol. The van der Waals surface area contributed by atoms with Crippen LogP contribution in [-0.4, -0.2) is 19.2 Å². The molecule has 22 heavy (non-hydrogen) atoms. The predicted molar refractivity (Wildman–Crippen MR) is 92.0 cm³/mol. The lowest BCUT2D eigenvalue weighted by Crippen LogP contribution is -2.03. The van der Waals surface area contributed by atoms with Crippen LogP contribution in [0.15, 0.2) is 45.7 Å². The van der Waals surface area contributed by atoms with Gasteiger partial charge in [0.05, 0.1) is 11.3 Å². The Hall–Kier alpha value is -1.84. The van der Waals surface area contributed by atoms with E-state index in [0.29, 0.717) is 17.0 Å². The fraction of sp³-hybridized carbons (Fsp3) is 0.250. The predicted octanol–water partition coefficient (Wildman–Crippen LogP) is 3.67. The van der Waals surface area contributed by atoms with E-state index in [1.165, 1.54) is 11.8 Å². The van der Waals surface area contributed by atoms with E-state index < -0.39 is 10.0 Å². The number of nitriles is 1. The van der Waals surface area contributed by atoms with Crippen molar-refractivity contribution in [2.45, 2.75) is 20.3 Å². The van der Waals surface area contributed by atoms with Crippen LogP contribution >= 0.6 is 11.8 Å². The van der Waals surface area contributed by atoms with Crippen molar-refractivity contribution in [3.63, 3.8) is 0 Å². The monoisotopic (exact) mass is 332 g/mol. The molecule has 0 bridgehead atoms. The summed E-state index contributed by atoms with van der Waals surface area (Å²) in [7, 11) is -3.43. The molecule has 0 saturated carbocycles. The van der Waals surface area contributed by atoms with Crippen molar-refractivity contribution in [1.82, 2.24) is 0 Å². The van der Waals surface area contributed by atoms with E-state index in [1.807, 2.05) is 31.2 Å². The number of aryl methyl sites for hydroxylation is 1. The van der Waals surface area contributed by atoms with E-state index in [9.17, 15) is 13.7 Å². The number of allylic oxidation sites excluding steroid dienone is 2. The summed E-state index contributed by atoms with van der Waals surface area (Å²) in [6, 6.07) is 9.84. The van der Waals surface area contributed by atoms with Crippen molar-refractivity contribution in [2.75, 3.05) is 5.75 Å². The minimum atomic E-state index is -3.43. The van der Waals surface area contributed by atoms with Crippen LogP contribution in [-0.2, 0) is 10.0 Å². The Morgan fingerprint density at radius 2 is 2.05 bits per heavy atom. The first-order valence-electron chi connectivity index (χ1n) is 6.86. The molecule has 1 aromatic carbocycles. The van der Waals surface area contributed by atoms with Gasteiger partial charge in [-0.3, -0.25) is 0 Å². The molecule has 1 aliphatic heterocycles. The first-order chi connectivity index (χ1) is 10.5. The highest BCUT2D eigenvalue weighted by molar-refractivity contribution is 8.18. The van der Waals surface area contributed by atoms with Crippen LogP contribution in [0, 0.1) is 18.3 Å². The molecule has 1 aliphatic rings. The van der Waals surface area contributed by atoms with Crippen LogP contribution in [0.1, 0.15) is 24.5 Å². The zero-order valence-electron chi connectivity index (χ0n) is 12.4. The zero-order valence-corrected chi connectivity index (χ0v) is 14.0. The molecule has 0 N–H and O–H groups in total. The molecule has 6 heteroatoms. The summed E-state index contributed by atoms with van der Waals surface area (Å²) in [6.45, 7) is 3.74. The first-order valence-corrected chi connectivity index (χ1v) is 9.28. The third-order valence-electron chi connectivity index (χ3n) is 3.06. The topological polar surface area (TPSA) is 70.3 Å². The number of thioether (sulfide) groups is 1. The second-order valence-corrected chi connectivity index (χ2v) is 7.63. The van der Waals surface area contributed by atoms with Crippen molar-refractivity contribution in [2.24, 2.45) is 4.40 Å². The molecule has 0 aliphatic carbocycles. The minimum absolute atomic E-state index is 0.0346. The second kappa shape index (κ2) is 6.95.